The zero-order valence-corrected chi connectivity index (χ0v) is 44.5. The maximum Gasteiger partial charge on any atom is 0.306 e. The van der Waals surface area contributed by atoms with E-state index >= 15 is 0 Å². The third-order valence-corrected chi connectivity index (χ3v) is 13.2. The van der Waals surface area contributed by atoms with Gasteiger partial charge in [-0.05, 0) is 51.4 Å². The van der Waals surface area contributed by atoms with Crippen LogP contribution in [0, 0.1) is 0 Å². The molecular formula is C60H112O6. The van der Waals surface area contributed by atoms with Crippen LogP contribution in [0.25, 0.3) is 0 Å². The van der Waals surface area contributed by atoms with Gasteiger partial charge in [0.25, 0.3) is 0 Å². The van der Waals surface area contributed by atoms with Crippen LogP contribution in [0.1, 0.15) is 323 Å². The Labute approximate surface area is 411 Å². The molecule has 0 heterocycles. The molecule has 1 unspecified atom stereocenters. The van der Waals surface area contributed by atoms with Gasteiger partial charge in [-0.15, -0.1) is 0 Å². The van der Waals surface area contributed by atoms with Gasteiger partial charge in [-0.2, -0.15) is 0 Å². The van der Waals surface area contributed by atoms with Crippen LogP contribution in [0.4, 0.5) is 0 Å². The molecular weight excluding hydrogens is 817 g/mol. The summed E-state index contributed by atoms with van der Waals surface area (Å²) >= 11 is 0. The van der Waals surface area contributed by atoms with Gasteiger partial charge in [-0.3, -0.25) is 14.4 Å². The Kier molecular flexibility index (Phi) is 53.7. The van der Waals surface area contributed by atoms with Crippen molar-refractivity contribution in [3.8, 4) is 0 Å². The average molecular weight is 930 g/mol. The maximum absolute atomic E-state index is 12.9. The van der Waals surface area contributed by atoms with Gasteiger partial charge < -0.3 is 14.2 Å². The van der Waals surface area contributed by atoms with Crippen molar-refractivity contribution in [2.45, 2.75) is 329 Å². The van der Waals surface area contributed by atoms with E-state index in [1.807, 2.05) is 0 Å². The highest BCUT2D eigenvalue weighted by Crippen LogP contribution is 2.17. The molecule has 1 atom stereocenters. The molecule has 0 saturated carbocycles. The van der Waals surface area contributed by atoms with Crippen molar-refractivity contribution in [3.63, 3.8) is 0 Å². The highest BCUT2D eigenvalue weighted by atomic mass is 16.6. The minimum absolute atomic E-state index is 0.0682. The number of hydrogen-bond acceptors (Lipinski definition) is 6. The number of esters is 3. The molecule has 0 aromatic heterocycles. The minimum Gasteiger partial charge on any atom is -0.462 e. The van der Waals surface area contributed by atoms with Gasteiger partial charge in [-0.25, -0.2) is 0 Å². The van der Waals surface area contributed by atoms with Crippen LogP contribution < -0.4 is 0 Å². The molecule has 0 rings (SSSR count). The number of ether oxygens (including phenoxy) is 3. The Balaban J connectivity index is 4.31. The monoisotopic (exact) mass is 929 g/mol. The van der Waals surface area contributed by atoms with Crippen LogP contribution >= 0.6 is 0 Å². The highest BCUT2D eigenvalue weighted by Gasteiger charge is 2.19. The number of hydrogen-bond donors (Lipinski definition) is 0. The van der Waals surface area contributed by atoms with Crippen LogP contribution in [0.15, 0.2) is 24.3 Å². The first-order chi connectivity index (χ1) is 32.5. The van der Waals surface area contributed by atoms with Crippen molar-refractivity contribution in [1.82, 2.24) is 0 Å². The van der Waals surface area contributed by atoms with E-state index in [-0.39, 0.29) is 31.1 Å². The molecule has 0 aromatic rings. The highest BCUT2D eigenvalue weighted by molar-refractivity contribution is 5.71. The van der Waals surface area contributed by atoms with E-state index in [9.17, 15) is 14.4 Å². The second kappa shape index (κ2) is 55.5. The van der Waals surface area contributed by atoms with Gasteiger partial charge in [0, 0.05) is 19.3 Å². The Morgan fingerprint density at radius 2 is 0.545 bits per heavy atom. The Bertz CT molecular complexity index is 1070. The minimum atomic E-state index is -0.769. The molecule has 0 aromatic carbocycles. The Hall–Kier alpha value is -2.11. The normalized spacial score (nSPS) is 12.1. The third kappa shape index (κ3) is 52.9. The number of unbranched alkanes of at least 4 members (excludes halogenated alkanes) is 39. The molecule has 0 aliphatic carbocycles. The molecule has 0 amide bonds. The summed E-state index contributed by atoms with van der Waals surface area (Å²) in [7, 11) is 0. The Morgan fingerprint density at radius 1 is 0.303 bits per heavy atom. The van der Waals surface area contributed by atoms with Crippen molar-refractivity contribution in [3.05, 3.63) is 24.3 Å². The summed E-state index contributed by atoms with van der Waals surface area (Å²) in [6.07, 6.45) is 64.5. The average Bonchev–Trinajstić information content (AvgIpc) is 3.31. The lowest BCUT2D eigenvalue weighted by Gasteiger charge is -2.18. The first-order valence-corrected chi connectivity index (χ1v) is 29.3. The van der Waals surface area contributed by atoms with E-state index in [2.05, 4.69) is 45.1 Å². The second-order valence-corrected chi connectivity index (χ2v) is 19.9. The molecule has 0 spiro atoms. The zero-order valence-electron chi connectivity index (χ0n) is 44.5. The lowest BCUT2D eigenvalue weighted by molar-refractivity contribution is -0.167. The molecule has 0 fully saturated rings. The molecule has 0 saturated heterocycles. The van der Waals surface area contributed by atoms with Gasteiger partial charge >= 0.3 is 17.9 Å². The van der Waals surface area contributed by atoms with Crippen molar-refractivity contribution >= 4 is 17.9 Å². The van der Waals surface area contributed by atoms with Crippen molar-refractivity contribution in [2.24, 2.45) is 0 Å². The molecule has 0 radical (unpaired) electrons. The van der Waals surface area contributed by atoms with E-state index in [1.165, 1.54) is 212 Å². The second-order valence-electron chi connectivity index (χ2n) is 19.9. The van der Waals surface area contributed by atoms with Gasteiger partial charge in [0.1, 0.15) is 13.2 Å². The summed E-state index contributed by atoms with van der Waals surface area (Å²) in [6.45, 7) is 6.67. The lowest BCUT2D eigenvalue weighted by Crippen LogP contribution is -2.30. The molecule has 0 N–H and O–H groups in total. The smallest absolute Gasteiger partial charge is 0.306 e. The molecule has 6 nitrogen and oxygen atoms in total. The molecule has 0 aliphatic heterocycles. The number of allylic oxidation sites excluding steroid dienone is 4. The molecule has 66 heavy (non-hydrogen) atoms. The van der Waals surface area contributed by atoms with Crippen LogP contribution in [-0.4, -0.2) is 37.2 Å². The largest absolute Gasteiger partial charge is 0.462 e. The Morgan fingerprint density at radius 3 is 0.848 bits per heavy atom. The van der Waals surface area contributed by atoms with E-state index in [1.54, 1.807) is 0 Å². The summed E-state index contributed by atoms with van der Waals surface area (Å²) in [5, 5.41) is 0. The van der Waals surface area contributed by atoms with E-state index in [0.29, 0.717) is 19.3 Å². The number of carbonyl (C=O) groups is 3. The topological polar surface area (TPSA) is 78.9 Å². The zero-order chi connectivity index (χ0) is 47.9. The summed E-state index contributed by atoms with van der Waals surface area (Å²) < 4.78 is 16.9. The van der Waals surface area contributed by atoms with Crippen LogP contribution in [0.3, 0.4) is 0 Å². The number of rotatable bonds is 54. The molecule has 388 valence electrons. The van der Waals surface area contributed by atoms with Crippen molar-refractivity contribution < 1.29 is 28.6 Å². The fourth-order valence-electron chi connectivity index (χ4n) is 8.77. The molecule has 6 heteroatoms. The molecule has 0 aliphatic rings. The predicted octanol–water partition coefficient (Wildman–Crippen LogP) is 19.5. The summed E-state index contributed by atoms with van der Waals surface area (Å²) in [5.41, 5.74) is 0. The van der Waals surface area contributed by atoms with Crippen molar-refractivity contribution in [2.75, 3.05) is 13.2 Å². The van der Waals surface area contributed by atoms with E-state index < -0.39 is 6.10 Å². The van der Waals surface area contributed by atoms with E-state index in [4.69, 9.17) is 14.2 Å². The van der Waals surface area contributed by atoms with Gasteiger partial charge in [-0.1, -0.05) is 276 Å². The van der Waals surface area contributed by atoms with Gasteiger partial charge in [0.15, 0.2) is 6.10 Å². The fourth-order valence-corrected chi connectivity index (χ4v) is 8.77. The third-order valence-electron chi connectivity index (χ3n) is 13.2. The van der Waals surface area contributed by atoms with Gasteiger partial charge in [0.05, 0.1) is 0 Å². The first-order valence-electron chi connectivity index (χ1n) is 29.3. The summed E-state index contributed by atoms with van der Waals surface area (Å²) in [5.74, 6) is -0.854. The van der Waals surface area contributed by atoms with Gasteiger partial charge in [0.2, 0.25) is 0 Å². The molecule has 0 bridgehead atoms. The standard InChI is InChI=1S/C60H112O6/c1-4-7-10-13-16-19-22-25-27-29-31-33-35-38-41-44-47-50-53-59(62)65-56-57(55-64-58(61)52-49-46-43-40-37-24-21-18-15-12-9-6-3)66-60(63)54-51-48-45-42-39-36-34-32-30-28-26-23-20-17-14-11-8-5-2/h19,22,27,29,57H,4-18,20-21,23-26,28,30-56H2,1-3H3/b22-19-,29-27-. The van der Waals surface area contributed by atoms with Crippen LogP contribution in [0.5, 0.6) is 0 Å². The van der Waals surface area contributed by atoms with Crippen molar-refractivity contribution in [1.29, 1.82) is 0 Å². The summed E-state index contributed by atoms with van der Waals surface area (Å²) in [6, 6.07) is 0. The SMILES string of the molecule is CCCCCC/C=C\C/C=C\CCCCCCCCCC(=O)OCC(COC(=O)CCCCCCCCCCCCCC)OC(=O)CCCCCCCCCCCCCCCCCCCC. The maximum atomic E-state index is 12.9. The fraction of sp³-hybridized carbons (Fsp3) is 0.883. The quantitative estimate of drug-likeness (QED) is 0.0262. The van der Waals surface area contributed by atoms with Crippen LogP contribution in [-0.2, 0) is 28.6 Å². The number of carbonyl (C=O) groups excluding carboxylic acids is 3. The summed E-state index contributed by atoms with van der Waals surface area (Å²) in [4.78, 5) is 38.1. The first kappa shape index (κ1) is 63.9. The predicted molar refractivity (Wildman–Crippen MR) is 284 cm³/mol. The lowest BCUT2D eigenvalue weighted by atomic mass is 10.0. The van der Waals surface area contributed by atoms with E-state index in [0.717, 1.165) is 70.6 Å². The van der Waals surface area contributed by atoms with Crippen LogP contribution in [0.2, 0.25) is 0 Å².